The first-order chi connectivity index (χ1) is 8.08. The Bertz CT molecular complexity index is 409. The lowest BCUT2D eigenvalue weighted by Crippen LogP contribution is -2.20. The number of amides is 1. The van der Waals surface area contributed by atoms with E-state index in [0.717, 1.165) is 0 Å². The van der Waals surface area contributed by atoms with Crippen LogP contribution in [0.3, 0.4) is 0 Å². The van der Waals surface area contributed by atoms with Gasteiger partial charge in [0, 0.05) is 0 Å². The zero-order chi connectivity index (χ0) is 12.8. The van der Waals surface area contributed by atoms with Crippen LogP contribution in [0.15, 0.2) is 12.1 Å². The van der Waals surface area contributed by atoms with Gasteiger partial charge < -0.3 is 20.3 Å². The van der Waals surface area contributed by atoms with Crippen molar-refractivity contribution in [3.8, 4) is 11.5 Å². The summed E-state index contributed by atoms with van der Waals surface area (Å²) in [6, 6.07) is 3.14. The van der Waals surface area contributed by atoms with Crippen molar-refractivity contribution < 1.29 is 19.4 Å². The standard InChI is InChI=1S/C11H14ClNO4/c1-2-16-9-4-7(5-14)3-8(12)11(9)17-6-10(13)15/h3-4,14H,2,5-6H2,1H3,(H2,13,15). The number of ether oxygens (including phenoxy) is 2. The Kier molecular flexibility index (Phi) is 5.06. The van der Waals surface area contributed by atoms with Crippen LogP contribution in [0, 0.1) is 0 Å². The third-order valence-electron chi connectivity index (χ3n) is 1.91. The number of carbonyl (C=O) groups excluding carboxylic acids is 1. The number of hydrogen-bond donors (Lipinski definition) is 2. The Morgan fingerprint density at radius 2 is 2.18 bits per heavy atom. The topological polar surface area (TPSA) is 81.8 Å². The molecule has 0 bridgehead atoms. The van der Waals surface area contributed by atoms with Crippen LogP contribution in [-0.4, -0.2) is 24.2 Å². The minimum absolute atomic E-state index is 0.157. The summed E-state index contributed by atoms with van der Waals surface area (Å²) in [5.74, 6) is 0.0320. The van der Waals surface area contributed by atoms with Crippen molar-refractivity contribution in [2.75, 3.05) is 13.2 Å². The normalized spacial score (nSPS) is 10.1. The van der Waals surface area contributed by atoms with Crippen LogP contribution in [-0.2, 0) is 11.4 Å². The van der Waals surface area contributed by atoms with Gasteiger partial charge in [-0.05, 0) is 24.6 Å². The van der Waals surface area contributed by atoms with E-state index in [9.17, 15) is 4.79 Å². The molecule has 0 aliphatic rings. The molecule has 1 rings (SSSR count). The van der Waals surface area contributed by atoms with Gasteiger partial charge in [0.05, 0.1) is 18.2 Å². The molecule has 5 nitrogen and oxygen atoms in total. The number of carbonyl (C=O) groups is 1. The molecule has 0 spiro atoms. The van der Waals surface area contributed by atoms with Crippen molar-refractivity contribution in [2.45, 2.75) is 13.5 Å². The number of nitrogens with two attached hydrogens (primary N) is 1. The predicted molar refractivity (Wildman–Crippen MR) is 63.2 cm³/mol. The maximum absolute atomic E-state index is 10.6. The molecule has 0 atom stereocenters. The average molecular weight is 260 g/mol. The van der Waals surface area contributed by atoms with Crippen LogP contribution >= 0.6 is 11.6 Å². The lowest BCUT2D eigenvalue weighted by molar-refractivity contribution is -0.119. The number of benzene rings is 1. The summed E-state index contributed by atoms with van der Waals surface area (Å²) in [6.07, 6.45) is 0. The van der Waals surface area contributed by atoms with Gasteiger partial charge in [-0.25, -0.2) is 0 Å². The van der Waals surface area contributed by atoms with E-state index in [0.29, 0.717) is 17.9 Å². The summed E-state index contributed by atoms with van der Waals surface area (Å²) < 4.78 is 10.5. The Labute approximate surface area is 104 Å². The predicted octanol–water partition coefficient (Wildman–Crippen LogP) is 1.10. The summed E-state index contributed by atoms with van der Waals surface area (Å²) in [6.45, 7) is 1.78. The van der Waals surface area contributed by atoms with Crippen LogP contribution in [0.25, 0.3) is 0 Å². The third kappa shape index (κ3) is 3.80. The Morgan fingerprint density at radius 1 is 1.47 bits per heavy atom. The number of rotatable bonds is 6. The summed E-state index contributed by atoms with van der Waals surface area (Å²) >= 11 is 5.96. The minimum Gasteiger partial charge on any atom is -0.490 e. The van der Waals surface area contributed by atoms with Gasteiger partial charge in [0.15, 0.2) is 18.1 Å². The molecule has 17 heavy (non-hydrogen) atoms. The van der Waals surface area contributed by atoms with Crippen LogP contribution in [0.2, 0.25) is 5.02 Å². The molecule has 0 saturated carbocycles. The zero-order valence-electron chi connectivity index (χ0n) is 9.40. The second-order valence-electron chi connectivity index (χ2n) is 3.25. The van der Waals surface area contributed by atoms with Crippen molar-refractivity contribution in [2.24, 2.45) is 5.73 Å². The fraction of sp³-hybridized carbons (Fsp3) is 0.364. The number of halogens is 1. The molecule has 3 N–H and O–H groups in total. The third-order valence-corrected chi connectivity index (χ3v) is 2.19. The monoisotopic (exact) mass is 259 g/mol. The molecule has 0 aromatic heterocycles. The van der Waals surface area contributed by atoms with E-state index in [1.165, 1.54) is 0 Å². The first kappa shape index (κ1) is 13.6. The van der Waals surface area contributed by atoms with E-state index in [2.05, 4.69) is 0 Å². The van der Waals surface area contributed by atoms with E-state index in [-0.39, 0.29) is 24.0 Å². The second-order valence-corrected chi connectivity index (χ2v) is 3.66. The molecule has 94 valence electrons. The smallest absolute Gasteiger partial charge is 0.255 e. The lowest BCUT2D eigenvalue weighted by atomic mass is 10.2. The highest BCUT2D eigenvalue weighted by Gasteiger charge is 2.13. The van der Waals surface area contributed by atoms with Gasteiger partial charge in [-0.3, -0.25) is 4.79 Å². The Morgan fingerprint density at radius 3 is 2.71 bits per heavy atom. The van der Waals surface area contributed by atoms with Crippen LogP contribution in [0.4, 0.5) is 0 Å². The van der Waals surface area contributed by atoms with E-state index < -0.39 is 5.91 Å². The fourth-order valence-electron chi connectivity index (χ4n) is 1.26. The number of primary amides is 1. The van der Waals surface area contributed by atoms with Crippen molar-refractivity contribution in [3.05, 3.63) is 22.7 Å². The molecule has 1 aromatic carbocycles. The highest BCUT2D eigenvalue weighted by atomic mass is 35.5. The summed E-state index contributed by atoms with van der Waals surface area (Å²) in [5, 5.41) is 9.30. The SMILES string of the molecule is CCOc1cc(CO)cc(Cl)c1OCC(N)=O. The minimum atomic E-state index is -0.602. The van der Waals surface area contributed by atoms with E-state index in [4.69, 9.17) is 31.9 Å². The maximum atomic E-state index is 10.6. The summed E-state index contributed by atoms with van der Waals surface area (Å²) in [7, 11) is 0. The lowest BCUT2D eigenvalue weighted by Gasteiger charge is -2.13. The van der Waals surface area contributed by atoms with Gasteiger partial charge in [-0.2, -0.15) is 0 Å². The first-order valence-electron chi connectivity index (χ1n) is 5.05. The maximum Gasteiger partial charge on any atom is 0.255 e. The molecule has 0 saturated heterocycles. The van der Waals surface area contributed by atoms with E-state index >= 15 is 0 Å². The Balaban J connectivity index is 3.02. The quantitative estimate of drug-likeness (QED) is 0.801. The summed E-state index contributed by atoms with van der Waals surface area (Å²) in [5.41, 5.74) is 5.58. The highest BCUT2D eigenvalue weighted by Crippen LogP contribution is 2.36. The molecule has 0 aliphatic carbocycles. The van der Waals surface area contributed by atoms with Gasteiger partial charge >= 0.3 is 0 Å². The van der Waals surface area contributed by atoms with Crippen molar-refractivity contribution in [3.63, 3.8) is 0 Å². The molecule has 0 unspecified atom stereocenters. The number of aliphatic hydroxyl groups is 1. The van der Waals surface area contributed by atoms with Gasteiger partial charge in [0.2, 0.25) is 0 Å². The molecule has 1 amide bonds. The average Bonchev–Trinajstić information content (AvgIpc) is 2.27. The van der Waals surface area contributed by atoms with Gasteiger partial charge in [-0.15, -0.1) is 0 Å². The van der Waals surface area contributed by atoms with Gasteiger partial charge in [-0.1, -0.05) is 11.6 Å². The van der Waals surface area contributed by atoms with E-state index in [1.54, 1.807) is 19.1 Å². The number of hydrogen-bond acceptors (Lipinski definition) is 4. The molecule has 6 heteroatoms. The highest BCUT2D eigenvalue weighted by molar-refractivity contribution is 6.32. The van der Waals surface area contributed by atoms with Crippen molar-refractivity contribution in [1.29, 1.82) is 0 Å². The molecule has 0 aliphatic heterocycles. The zero-order valence-corrected chi connectivity index (χ0v) is 10.2. The van der Waals surface area contributed by atoms with Gasteiger partial charge in [0.1, 0.15) is 0 Å². The molecule has 1 aromatic rings. The van der Waals surface area contributed by atoms with Crippen molar-refractivity contribution in [1.82, 2.24) is 0 Å². The van der Waals surface area contributed by atoms with Crippen LogP contribution < -0.4 is 15.2 Å². The van der Waals surface area contributed by atoms with Gasteiger partial charge in [0.25, 0.3) is 5.91 Å². The molecular formula is C11H14ClNO4. The molecule has 0 fully saturated rings. The molecule has 0 heterocycles. The molecular weight excluding hydrogens is 246 g/mol. The van der Waals surface area contributed by atoms with Crippen LogP contribution in [0.1, 0.15) is 12.5 Å². The molecule has 0 radical (unpaired) electrons. The Hall–Kier alpha value is -1.46. The van der Waals surface area contributed by atoms with Crippen LogP contribution in [0.5, 0.6) is 11.5 Å². The fourth-order valence-corrected chi connectivity index (χ4v) is 1.55. The van der Waals surface area contributed by atoms with Crippen molar-refractivity contribution >= 4 is 17.5 Å². The first-order valence-corrected chi connectivity index (χ1v) is 5.43. The number of aliphatic hydroxyl groups excluding tert-OH is 1. The van der Waals surface area contributed by atoms with E-state index in [1.807, 2.05) is 0 Å². The second kappa shape index (κ2) is 6.32. The largest absolute Gasteiger partial charge is 0.490 e. The summed E-state index contributed by atoms with van der Waals surface area (Å²) in [4.78, 5) is 10.6.